The molecular formula is C12H20O. The van der Waals surface area contributed by atoms with Crippen molar-refractivity contribution in [1.82, 2.24) is 0 Å². The predicted octanol–water partition coefficient (Wildman–Crippen LogP) is 3.51. The van der Waals surface area contributed by atoms with Gasteiger partial charge in [0.1, 0.15) is 5.78 Å². The summed E-state index contributed by atoms with van der Waals surface area (Å²) in [5.74, 6) is 0.747. The van der Waals surface area contributed by atoms with E-state index in [1.165, 1.54) is 5.57 Å². The molecule has 0 aliphatic heterocycles. The average Bonchev–Trinajstić information content (AvgIpc) is 1.96. The van der Waals surface area contributed by atoms with E-state index in [0.717, 1.165) is 6.42 Å². The first-order valence-electron chi connectivity index (χ1n) is 4.83. The molecule has 0 bridgehead atoms. The minimum Gasteiger partial charge on any atom is -0.300 e. The second-order valence-corrected chi connectivity index (χ2v) is 3.77. The Balaban J connectivity index is 3.72. The van der Waals surface area contributed by atoms with E-state index < -0.39 is 0 Å². The van der Waals surface area contributed by atoms with E-state index in [1.807, 2.05) is 0 Å². The van der Waals surface area contributed by atoms with Crippen LogP contribution in [0.5, 0.6) is 0 Å². The SMILES string of the molecule is CC(=O)CC/C=C/C(C)C=C(C)C. The summed E-state index contributed by atoms with van der Waals surface area (Å²) in [5, 5.41) is 0. The van der Waals surface area contributed by atoms with Gasteiger partial charge in [0.15, 0.2) is 0 Å². The van der Waals surface area contributed by atoms with E-state index in [9.17, 15) is 4.79 Å². The highest BCUT2D eigenvalue weighted by Crippen LogP contribution is 2.05. The fourth-order valence-electron chi connectivity index (χ4n) is 1.18. The fourth-order valence-corrected chi connectivity index (χ4v) is 1.18. The Bertz CT molecular complexity index is 207. The van der Waals surface area contributed by atoms with Crippen LogP contribution < -0.4 is 0 Å². The lowest BCUT2D eigenvalue weighted by atomic mass is 10.1. The second kappa shape index (κ2) is 6.64. The molecule has 74 valence electrons. The number of carbonyl (C=O) groups excluding carboxylic acids is 1. The molecule has 1 nitrogen and oxygen atoms in total. The molecule has 1 heteroatoms. The highest BCUT2D eigenvalue weighted by Gasteiger charge is 1.92. The van der Waals surface area contributed by atoms with Crippen LogP contribution in [0.4, 0.5) is 0 Å². The topological polar surface area (TPSA) is 17.1 Å². The van der Waals surface area contributed by atoms with Crippen molar-refractivity contribution in [1.29, 1.82) is 0 Å². The highest BCUT2D eigenvalue weighted by molar-refractivity contribution is 5.75. The zero-order valence-electron chi connectivity index (χ0n) is 9.13. The molecule has 0 spiro atoms. The largest absolute Gasteiger partial charge is 0.300 e. The van der Waals surface area contributed by atoms with Crippen molar-refractivity contribution in [3.63, 3.8) is 0 Å². The third kappa shape index (κ3) is 9.06. The van der Waals surface area contributed by atoms with Crippen molar-refractivity contribution in [3.05, 3.63) is 23.8 Å². The Morgan fingerprint density at radius 3 is 2.38 bits per heavy atom. The molecular weight excluding hydrogens is 160 g/mol. The number of carbonyl (C=O) groups is 1. The third-order valence-corrected chi connectivity index (χ3v) is 1.70. The van der Waals surface area contributed by atoms with Crippen LogP contribution in [0.3, 0.4) is 0 Å². The van der Waals surface area contributed by atoms with E-state index >= 15 is 0 Å². The van der Waals surface area contributed by atoms with Crippen molar-refractivity contribution in [2.24, 2.45) is 5.92 Å². The summed E-state index contributed by atoms with van der Waals surface area (Å²) in [6.07, 6.45) is 7.99. The smallest absolute Gasteiger partial charge is 0.130 e. The maximum Gasteiger partial charge on any atom is 0.130 e. The lowest BCUT2D eigenvalue weighted by Gasteiger charge is -1.98. The summed E-state index contributed by atoms with van der Waals surface area (Å²) in [5.41, 5.74) is 1.34. The van der Waals surface area contributed by atoms with Crippen LogP contribution in [-0.2, 0) is 4.79 Å². The number of Topliss-reactive ketones (excluding diaryl/α,β-unsaturated/α-hetero) is 1. The first-order chi connectivity index (χ1) is 6.02. The van der Waals surface area contributed by atoms with Gasteiger partial charge in [0.05, 0.1) is 0 Å². The molecule has 0 aliphatic carbocycles. The van der Waals surface area contributed by atoms with Gasteiger partial charge in [-0.25, -0.2) is 0 Å². The van der Waals surface area contributed by atoms with Gasteiger partial charge in [-0.3, -0.25) is 0 Å². The third-order valence-electron chi connectivity index (χ3n) is 1.70. The zero-order chi connectivity index (χ0) is 10.3. The summed E-state index contributed by atoms with van der Waals surface area (Å²) < 4.78 is 0. The van der Waals surface area contributed by atoms with Crippen LogP contribution in [0.15, 0.2) is 23.8 Å². The van der Waals surface area contributed by atoms with E-state index in [-0.39, 0.29) is 5.78 Å². The molecule has 0 amide bonds. The van der Waals surface area contributed by atoms with Crippen LogP contribution in [0.1, 0.15) is 40.5 Å². The Labute approximate surface area is 81.5 Å². The van der Waals surface area contributed by atoms with Gasteiger partial charge in [0, 0.05) is 6.42 Å². The molecule has 0 aromatic heterocycles. The maximum absolute atomic E-state index is 10.6. The molecule has 0 heterocycles. The van der Waals surface area contributed by atoms with E-state index in [0.29, 0.717) is 12.3 Å². The van der Waals surface area contributed by atoms with E-state index in [1.54, 1.807) is 6.92 Å². The van der Waals surface area contributed by atoms with Crippen LogP contribution in [-0.4, -0.2) is 5.78 Å². The van der Waals surface area contributed by atoms with Crippen molar-refractivity contribution in [3.8, 4) is 0 Å². The number of ketones is 1. The Hall–Kier alpha value is -0.850. The number of hydrogen-bond donors (Lipinski definition) is 0. The van der Waals surface area contributed by atoms with Crippen LogP contribution in [0.2, 0.25) is 0 Å². The minimum atomic E-state index is 0.263. The number of hydrogen-bond acceptors (Lipinski definition) is 1. The quantitative estimate of drug-likeness (QED) is 0.592. The lowest BCUT2D eigenvalue weighted by molar-refractivity contribution is -0.116. The van der Waals surface area contributed by atoms with Crippen molar-refractivity contribution >= 4 is 5.78 Å². The van der Waals surface area contributed by atoms with Gasteiger partial charge in [-0.2, -0.15) is 0 Å². The van der Waals surface area contributed by atoms with Crippen molar-refractivity contribution < 1.29 is 4.79 Å². The van der Waals surface area contributed by atoms with E-state index in [4.69, 9.17) is 0 Å². The van der Waals surface area contributed by atoms with Crippen molar-refractivity contribution in [2.75, 3.05) is 0 Å². The molecule has 0 saturated carbocycles. The molecule has 0 saturated heterocycles. The highest BCUT2D eigenvalue weighted by atomic mass is 16.1. The molecule has 0 rings (SSSR count). The molecule has 0 fully saturated rings. The van der Waals surface area contributed by atoms with Gasteiger partial charge in [0.25, 0.3) is 0 Å². The van der Waals surface area contributed by atoms with Crippen LogP contribution in [0.25, 0.3) is 0 Å². The van der Waals surface area contributed by atoms with Gasteiger partial charge < -0.3 is 4.79 Å². The number of allylic oxidation sites excluding steroid dienone is 4. The summed E-state index contributed by atoms with van der Waals surface area (Å²) >= 11 is 0. The predicted molar refractivity (Wildman–Crippen MR) is 57.7 cm³/mol. The summed E-state index contributed by atoms with van der Waals surface area (Å²) in [6, 6.07) is 0. The van der Waals surface area contributed by atoms with Gasteiger partial charge in [-0.05, 0) is 33.1 Å². The standard InChI is InChI=1S/C12H20O/c1-10(2)9-11(3)7-5-6-8-12(4)13/h5,7,9,11H,6,8H2,1-4H3/b7-5+. The molecule has 1 unspecified atom stereocenters. The average molecular weight is 180 g/mol. The molecule has 0 aliphatic rings. The normalized spacial score (nSPS) is 12.9. The Morgan fingerprint density at radius 2 is 1.92 bits per heavy atom. The molecule has 0 aromatic rings. The van der Waals surface area contributed by atoms with Gasteiger partial charge in [0.2, 0.25) is 0 Å². The fraction of sp³-hybridized carbons (Fsp3) is 0.583. The maximum atomic E-state index is 10.6. The van der Waals surface area contributed by atoms with Gasteiger partial charge in [-0.15, -0.1) is 0 Å². The van der Waals surface area contributed by atoms with Crippen LogP contribution in [0, 0.1) is 5.92 Å². The second-order valence-electron chi connectivity index (χ2n) is 3.77. The molecule has 0 N–H and O–H groups in total. The summed E-state index contributed by atoms with van der Waals surface area (Å²) in [6.45, 7) is 7.98. The number of rotatable bonds is 5. The zero-order valence-corrected chi connectivity index (χ0v) is 9.13. The summed E-state index contributed by atoms with van der Waals surface area (Å²) in [7, 11) is 0. The monoisotopic (exact) mass is 180 g/mol. The lowest BCUT2D eigenvalue weighted by Crippen LogP contribution is -1.88. The first kappa shape index (κ1) is 12.2. The summed E-state index contributed by atoms with van der Waals surface area (Å²) in [4.78, 5) is 10.6. The molecule has 0 radical (unpaired) electrons. The van der Waals surface area contributed by atoms with Crippen molar-refractivity contribution in [2.45, 2.75) is 40.5 Å². The Kier molecular flexibility index (Phi) is 6.21. The molecule has 13 heavy (non-hydrogen) atoms. The Morgan fingerprint density at radius 1 is 1.31 bits per heavy atom. The first-order valence-corrected chi connectivity index (χ1v) is 4.83. The van der Waals surface area contributed by atoms with Gasteiger partial charge in [-0.1, -0.05) is 30.7 Å². The van der Waals surface area contributed by atoms with E-state index in [2.05, 4.69) is 39.0 Å². The van der Waals surface area contributed by atoms with Crippen LogP contribution >= 0.6 is 0 Å². The molecule has 1 atom stereocenters. The minimum absolute atomic E-state index is 0.263. The van der Waals surface area contributed by atoms with Gasteiger partial charge >= 0.3 is 0 Å². The molecule has 0 aromatic carbocycles.